The fraction of sp³-hybridized carbons (Fsp3) is 0.667. The number of rotatable bonds is 5. The number of amides is 1. The number of nitrogens with zero attached hydrogens (tertiary/aromatic N) is 1. The molecule has 0 spiro atoms. The number of carbonyl (C=O) groups excluding carboxylic acids is 2. The molecule has 2 fully saturated rings. The van der Waals surface area contributed by atoms with E-state index in [1.807, 2.05) is 51.1 Å². The molecule has 0 aromatic heterocycles. The summed E-state index contributed by atoms with van der Waals surface area (Å²) in [5.41, 5.74) is -2.15. The van der Waals surface area contributed by atoms with Gasteiger partial charge in [-0.3, -0.25) is 4.90 Å². The predicted octanol–water partition coefficient (Wildman–Crippen LogP) is 3.27. The Bertz CT molecular complexity index is 792. The van der Waals surface area contributed by atoms with E-state index in [4.69, 9.17) is 14.2 Å². The Balaban J connectivity index is 1.98. The summed E-state index contributed by atoms with van der Waals surface area (Å²) in [7, 11) is 0. The summed E-state index contributed by atoms with van der Waals surface area (Å²) in [6.45, 7) is 14.4. The first-order valence-corrected chi connectivity index (χ1v) is 11.0. The number of esters is 1. The number of hydrogen-bond donors (Lipinski definition) is 1. The Labute approximate surface area is 185 Å². The van der Waals surface area contributed by atoms with Crippen molar-refractivity contribution in [1.82, 2.24) is 10.2 Å². The molecular weight excluding hydrogens is 396 g/mol. The normalized spacial score (nSPS) is 26.8. The van der Waals surface area contributed by atoms with Crippen LogP contribution < -0.4 is 5.32 Å². The zero-order chi connectivity index (χ0) is 22.9. The van der Waals surface area contributed by atoms with Gasteiger partial charge in [0.25, 0.3) is 0 Å². The van der Waals surface area contributed by atoms with Crippen molar-refractivity contribution in [2.45, 2.75) is 70.1 Å². The van der Waals surface area contributed by atoms with E-state index in [1.165, 1.54) is 0 Å². The van der Waals surface area contributed by atoms with Crippen LogP contribution in [-0.2, 0) is 24.4 Å². The number of morpholine rings is 1. The van der Waals surface area contributed by atoms with Gasteiger partial charge < -0.3 is 19.5 Å². The van der Waals surface area contributed by atoms with E-state index in [9.17, 15) is 9.59 Å². The third kappa shape index (κ3) is 5.39. The van der Waals surface area contributed by atoms with Crippen LogP contribution in [0.3, 0.4) is 0 Å². The lowest BCUT2D eigenvalue weighted by Gasteiger charge is -2.35. The van der Waals surface area contributed by atoms with Crippen molar-refractivity contribution in [3.63, 3.8) is 0 Å². The van der Waals surface area contributed by atoms with Crippen LogP contribution >= 0.6 is 0 Å². The number of nitrogens with one attached hydrogen (secondary N) is 1. The predicted molar refractivity (Wildman–Crippen MR) is 118 cm³/mol. The molecule has 1 aromatic rings. The zero-order valence-corrected chi connectivity index (χ0v) is 19.6. The third-order valence-corrected chi connectivity index (χ3v) is 5.64. The molecule has 2 atom stereocenters. The number of alkyl carbamates (subject to hydrolysis) is 1. The van der Waals surface area contributed by atoms with Crippen molar-refractivity contribution in [1.29, 1.82) is 0 Å². The van der Waals surface area contributed by atoms with Crippen LogP contribution in [0.2, 0.25) is 0 Å². The van der Waals surface area contributed by atoms with Gasteiger partial charge in [-0.2, -0.15) is 0 Å². The van der Waals surface area contributed by atoms with E-state index in [-0.39, 0.29) is 0 Å². The Morgan fingerprint density at radius 2 is 1.58 bits per heavy atom. The zero-order valence-electron chi connectivity index (χ0n) is 19.6. The molecular formula is C24H36N2O5. The SMILES string of the molecule is CC(C)(C)OC(=O)N[C@]1(C(=O)OC(C)(C)C)C[C@@]1(CN1CCOCC1)c1ccccc1. The molecule has 0 unspecified atom stereocenters. The Hall–Kier alpha value is -2.12. The molecule has 172 valence electrons. The van der Waals surface area contributed by atoms with E-state index < -0.39 is 34.2 Å². The molecule has 1 aliphatic carbocycles. The minimum Gasteiger partial charge on any atom is -0.458 e. The summed E-state index contributed by atoms with van der Waals surface area (Å²) in [5.74, 6) is -0.428. The maximum absolute atomic E-state index is 13.5. The van der Waals surface area contributed by atoms with Gasteiger partial charge >= 0.3 is 12.1 Å². The molecule has 1 saturated heterocycles. The molecule has 2 aliphatic rings. The summed E-state index contributed by atoms with van der Waals surface area (Å²) in [4.78, 5) is 28.7. The first kappa shape index (κ1) is 23.5. The van der Waals surface area contributed by atoms with Crippen LogP contribution in [0.5, 0.6) is 0 Å². The fourth-order valence-electron chi connectivity index (χ4n) is 4.26. The van der Waals surface area contributed by atoms with E-state index >= 15 is 0 Å². The second-order valence-corrected chi connectivity index (χ2v) is 10.5. The molecule has 7 nitrogen and oxygen atoms in total. The molecule has 7 heteroatoms. The lowest BCUT2D eigenvalue weighted by Crippen LogP contribution is -2.55. The summed E-state index contributed by atoms with van der Waals surface area (Å²) in [6, 6.07) is 9.90. The monoisotopic (exact) mass is 432 g/mol. The smallest absolute Gasteiger partial charge is 0.408 e. The number of benzene rings is 1. The number of hydrogen-bond acceptors (Lipinski definition) is 6. The minimum atomic E-state index is -1.19. The molecule has 1 aliphatic heterocycles. The Morgan fingerprint density at radius 1 is 1.00 bits per heavy atom. The van der Waals surface area contributed by atoms with Gasteiger partial charge in [0.2, 0.25) is 0 Å². The van der Waals surface area contributed by atoms with E-state index in [2.05, 4.69) is 10.2 Å². The van der Waals surface area contributed by atoms with Gasteiger partial charge in [0, 0.05) is 25.0 Å². The van der Waals surface area contributed by atoms with E-state index in [0.29, 0.717) is 26.2 Å². The lowest BCUT2D eigenvalue weighted by atomic mass is 9.89. The maximum atomic E-state index is 13.5. The highest BCUT2D eigenvalue weighted by molar-refractivity contribution is 5.93. The highest BCUT2D eigenvalue weighted by atomic mass is 16.6. The molecule has 1 N–H and O–H groups in total. The first-order chi connectivity index (χ1) is 14.4. The average molecular weight is 433 g/mol. The molecule has 31 heavy (non-hydrogen) atoms. The molecule has 1 saturated carbocycles. The van der Waals surface area contributed by atoms with E-state index in [1.54, 1.807) is 20.8 Å². The van der Waals surface area contributed by atoms with Crippen molar-refractivity contribution >= 4 is 12.1 Å². The van der Waals surface area contributed by atoms with Crippen molar-refractivity contribution in [3.05, 3.63) is 35.9 Å². The Kier molecular flexibility index (Phi) is 6.40. The number of ether oxygens (including phenoxy) is 3. The van der Waals surface area contributed by atoms with E-state index in [0.717, 1.165) is 18.7 Å². The van der Waals surface area contributed by atoms with Crippen LogP contribution in [0.1, 0.15) is 53.5 Å². The van der Waals surface area contributed by atoms with Crippen LogP contribution in [0, 0.1) is 0 Å². The molecule has 0 bridgehead atoms. The standard InChI is InChI=1S/C24H36N2O5/c1-21(2,3)30-19(27)24(25-20(28)31-22(4,5)6)16-23(24,18-10-8-7-9-11-18)17-26-12-14-29-15-13-26/h7-11H,12-17H2,1-6H3,(H,25,28)/t23-,24+/m1/s1. The van der Waals surface area contributed by atoms with Crippen LogP contribution in [0.15, 0.2) is 30.3 Å². The van der Waals surface area contributed by atoms with Crippen molar-refractivity contribution in [2.75, 3.05) is 32.8 Å². The van der Waals surface area contributed by atoms with Crippen molar-refractivity contribution < 1.29 is 23.8 Å². The van der Waals surface area contributed by atoms with Gasteiger partial charge in [-0.1, -0.05) is 30.3 Å². The molecule has 1 heterocycles. The van der Waals surface area contributed by atoms with Crippen molar-refractivity contribution in [3.8, 4) is 0 Å². The summed E-state index contributed by atoms with van der Waals surface area (Å²) in [6.07, 6.45) is -0.159. The second kappa shape index (κ2) is 8.43. The summed E-state index contributed by atoms with van der Waals surface area (Å²) < 4.78 is 16.8. The van der Waals surface area contributed by atoms with Gasteiger partial charge in [0.1, 0.15) is 11.2 Å². The van der Waals surface area contributed by atoms with Gasteiger partial charge in [-0.25, -0.2) is 9.59 Å². The summed E-state index contributed by atoms with van der Waals surface area (Å²) in [5, 5.41) is 2.93. The van der Waals surface area contributed by atoms with Crippen LogP contribution in [-0.4, -0.2) is 66.6 Å². The van der Waals surface area contributed by atoms with Crippen LogP contribution in [0.25, 0.3) is 0 Å². The molecule has 1 aromatic carbocycles. The molecule has 3 rings (SSSR count). The van der Waals surface area contributed by atoms with Gasteiger partial charge in [0.15, 0.2) is 5.54 Å². The average Bonchev–Trinajstić information content (AvgIpc) is 3.29. The van der Waals surface area contributed by atoms with Gasteiger partial charge in [-0.05, 0) is 53.5 Å². The largest absolute Gasteiger partial charge is 0.458 e. The lowest BCUT2D eigenvalue weighted by molar-refractivity contribution is -0.159. The highest BCUT2D eigenvalue weighted by Crippen LogP contribution is 2.59. The maximum Gasteiger partial charge on any atom is 0.408 e. The van der Waals surface area contributed by atoms with Crippen molar-refractivity contribution in [2.24, 2.45) is 0 Å². The topological polar surface area (TPSA) is 77.1 Å². The van der Waals surface area contributed by atoms with Gasteiger partial charge in [0.05, 0.1) is 13.2 Å². The highest BCUT2D eigenvalue weighted by Gasteiger charge is 2.75. The number of carbonyl (C=O) groups is 2. The first-order valence-electron chi connectivity index (χ1n) is 11.0. The fourth-order valence-corrected chi connectivity index (χ4v) is 4.26. The summed E-state index contributed by atoms with van der Waals surface area (Å²) >= 11 is 0. The second-order valence-electron chi connectivity index (χ2n) is 10.5. The van der Waals surface area contributed by atoms with Gasteiger partial charge in [-0.15, -0.1) is 0 Å². The Morgan fingerprint density at radius 3 is 2.13 bits per heavy atom. The third-order valence-electron chi connectivity index (χ3n) is 5.64. The minimum absolute atomic E-state index is 0.428. The van der Waals surface area contributed by atoms with Crippen LogP contribution in [0.4, 0.5) is 4.79 Å². The quantitative estimate of drug-likeness (QED) is 0.720. The molecule has 1 amide bonds. The molecule has 0 radical (unpaired) electrons.